The zero-order chi connectivity index (χ0) is 51.1. The summed E-state index contributed by atoms with van der Waals surface area (Å²) in [5.74, 6) is -5.79. The summed E-state index contributed by atoms with van der Waals surface area (Å²) >= 11 is 10.5. The Morgan fingerprint density at radius 1 is 0.696 bits per heavy atom. The van der Waals surface area contributed by atoms with Gasteiger partial charge in [-0.1, -0.05) is 6.07 Å². The summed E-state index contributed by atoms with van der Waals surface area (Å²) in [6, 6.07) is 10.8. The second-order valence-corrected chi connectivity index (χ2v) is 17.8. The highest BCUT2D eigenvalue weighted by atomic mass is 32.1. The van der Waals surface area contributed by atoms with Crippen LogP contribution in [-0.4, -0.2) is 128 Å². The number of rotatable bonds is 26. The van der Waals surface area contributed by atoms with Gasteiger partial charge in [0.15, 0.2) is 15.7 Å². The number of fused-ring (bicyclic) bond motifs is 2. The molecule has 1 aliphatic heterocycles. The first kappa shape index (κ1) is 54.7. The van der Waals surface area contributed by atoms with Gasteiger partial charge < -0.3 is 71.3 Å². The number of carbonyl (C=O) groups is 6. The monoisotopic (exact) mass is 996 g/mol. The summed E-state index contributed by atoms with van der Waals surface area (Å²) in [6.07, 6.45) is -0.651. The zero-order valence-corrected chi connectivity index (χ0v) is 39.9. The van der Waals surface area contributed by atoms with Crippen LogP contribution < -0.4 is 37.3 Å². The van der Waals surface area contributed by atoms with E-state index in [-0.39, 0.29) is 96.2 Å². The van der Waals surface area contributed by atoms with Crippen molar-refractivity contribution < 1.29 is 68.2 Å². The van der Waals surface area contributed by atoms with Gasteiger partial charge in [0.1, 0.15) is 29.2 Å². The first-order valence-corrected chi connectivity index (χ1v) is 22.4. The minimum atomic E-state index is -1.37. The molecule has 1 heterocycles. The number of anilines is 1. The van der Waals surface area contributed by atoms with Crippen molar-refractivity contribution in [2.75, 3.05) is 38.2 Å². The van der Waals surface area contributed by atoms with Crippen LogP contribution >= 0.6 is 24.4 Å². The molecule has 2 aromatic carbocycles. The van der Waals surface area contributed by atoms with Crippen molar-refractivity contribution in [3.63, 3.8) is 0 Å². The number of aliphatic carboxylic acids is 3. The highest BCUT2D eigenvalue weighted by Gasteiger charge is 2.27. The largest absolute Gasteiger partial charge is 0.508 e. The molecule has 23 heteroatoms. The van der Waals surface area contributed by atoms with Crippen LogP contribution in [0.3, 0.4) is 0 Å². The van der Waals surface area contributed by atoms with E-state index >= 15 is 0 Å². The quantitative estimate of drug-likeness (QED) is 0.0242. The fraction of sp³-hybridized carbons (Fsp3) is 0.413. The molecule has 21 nitrogen and oxygen atoms in total. The van der Waals surface area contributed by atoms with Crippen LogP contribution in [0, 0.1) is 0 Å². The van der Waals surface area contributed by atoms with Gasteiger partial charge in [-0.05, 0) is 113 Å². The van der Waals surface area contributed by atoms with Gasteiger partial charge >= 0.3 is 23.9 Å². The number of hydrogen-bond acceptors (Lipinski definition) is 13. The van der Waals surface area contributed by atoms with Crippen molar-refractivity contribution >= 4 is 87.0 Å². The molecule has 0 bridgehead atoms. The summed E-state index contributed by atoms with van der Waals surface area (Å²) in [4.78, 5) is 83.4. The Labute approximate surface area is 406 Å². The van der Waals surface area contributed by atoms with Crippen LogP contribution in [-0.2, 0) is 33.4 Å². The molecule has 372 valence electrons. The molecule has 69 heavy (non-hydrogen) atoms. The lowest BCUT2D eigenvalue weighted by Crippen LogP contribution is -2.51. The molecule has 0 fully saturated rings. The molecule has 1 unspecified atom stereocenters. The third kappa shape index (κ3) is 17.6. The Morgan fingerprint density at radius 3 is 1.94 bits per heavy atom. The Bertz CT molecular complexity index is 2580. The lowest BCUT2D eigenvalue weighted by atomic mass is 9.90. The molecular formula is C46H56N6O15S2. The van der Waals surface area contributed by atoms with Crippen LogP contribution in [0.2, 0.25) is 0 Å². The summed E-state index contributed by atoms with van der Waals surface area (Å²) in [6.45, 7) is 8.25. The van der Waals surface area contributed by atoms with Gasteiger partial charge in [-0.2, -0.15) is 0 Å². The van der Waals surface area contributed by atoms with E-state index in [1.807, 2.05) is 27.7 Å². The van der Waals surface area contributed by atoms with E-state index in [0.29, 0.717) is 40.7 Å². The second kappa shape index (κ2) is 24.9. The zero-order valence-electron chi connectivity index (χ0n) is 38.3. The topological polar surface area (TPSA) is 324 Å². The molecule has 0 saturated heterocycles. The van der Waals surface area contributed by atoms with Gasteiger partial charge in [0, 0.05) is 73.2 Å². The number of phenolic OH excluding ortho intramolecular Hbond substituents is 1. The standard InChI is InChI=1S/C46H56N6O15S2/c1-45(2,16-17-49-43(68)50-25-5-8-28(31(21-25)40(59)60)39-29-9-6-26(53)22-34(29)67-35-23-27(54)7-10-30(35)39)66-24-46(3,4)65-20-15-37(56)48-19-18-47-36(55)13-11-32(41(61)62)51-44(69)52-33(42(63)64)12-14-38(57)58/h5-10,21-23,32-33,53H,11-20,24H2,1-4H3,(H,47,55)(H,48,56)(H,57,58)(H,59,60)(H,61,62)(H,63,64)(H2,49,50,68)(H2,51,52,69)/t32?,33-/m0/s1. The normalized spacial score (nSPS) is 12.3. The maximum absolute atomic E-state index is 12.6. The van der Waals surface area contributed by atoms with Gasteiger partial charge in [0.2, 0.25) is 11.8 Å². The fourth-order valence-electron chi connectivity index (χ4n) is 6.72. The third-order valence-electron chi connectivity index (χ3n) is 10.4. The van der Waals surface area contributed by atoms with Crippen LogP contribution in [0.15, 0.2) is 63.8 Å². The number of carboxylic acids is 4. The molecule has 2 atom stereocenters. The van der Waals surface area contributed by atoms with Crippen molar-refractivity contribution in [2.24, 2.45) is 0 Å². The number of carboxylic acid groups (broad SMARTS) is 4. The number of aromatic carboxylic acids is 1. The average Bonchev–Trinajstić information content (AvgIpc) is 3.26. The molecule has 0 spiro atoms. The number of phenols is 1. The molecule has 4 rings (SSSR count). The van der Waals surface area contributed by atoms with Crippen LogP contribution in [0.4, 0.5) is 5.69 Å². The molecular weight excluding hydrogens is 941 g/mol. The predicted octanol–water partition coefficient (Wildman–Crippen LogP) is 3.87. The highest BCUT2D eigenvalue weighted by molar-refractivity contribution is 7.80. The Hall–Kier alpha value is -6.95. The van der Waals surface area contributed by atoms with Gasteiger partial charge in [-0.3, -0.25) is 19.2 Å². The highest BCUT2D eigenvalue weighted by Crippen LogP contribution is 2.42. The van der Waals surface area contributed by atoms with Crippen molar-refractivity contribution in [1.82, 2.24) is 26.6 Å². The number of ether oxygens (including phenoxy) is 2. The smallest absolute Gasteiger partial charge is 0.336 e. The molecule has 0 radical (unpaired) electrons. The van der Waals surface area contributed by atoms with E-state index in [1.54, 1.807) is 24.3 Å². The number of nitrogens with one attached hydrogen (secondary N) is 6. The molecule has 1 aliphatic carbocycles. The van der Waals surface area contributed by atoms with Gasteiger partial charge in [-0.15, -0.1) is 0 Å². The minimum absolute atomic E-state index is 0.0236. The molecule has 0 saturated carbocycles. The first-order valence-electron chi connectivity index (χ1n) is 21.6. The third-order valence-corrected chi connectivity index (χ3v) is 10.9. The lowest BCUT2D eigenvalue weighted by Gasteiger charge is -2.32. The van der Waals surface area contributed by atoms with Crippen molar-refractivity contribution in [1.29, 1.82) is 0 Å². The molecule has 2 amide bonds. The van der Waals surface area contributed by atoms with E-state index < -0.39 is 59.5 Å². The SMILES string of the molecule is CC(C)(CCNC(=S)Nc1ccc(-c2c3ccc(=O)cc-3oc3cc(O)ccc23)c(C(=O)O)c1)OCC(C)(C)OCCC(=O)NCCNC(=O)CCC(NC(=S)N[C@@H](CCC(=O)O)C(=O)O)C(=O)O. The van der Waals surface area contributed by atoms with Gasteiger partial charge in [-0.25, -0.2) is 14.4 Å². The Morgan fingerprint density at radius 2 is 1.32 bits per heavy atom. The summed E-state index contributed by atoms with van der Waals surface area (Å²) < 4.78 is 18.0. The van der Waals surface area contributed by atoms with Gasteiger partial charge in [0.25, 0.3) is 0 Å². The second-order valence-electron chi connectivity index (χ2n) is 17.0. The first-order chi connectivity index (χ1) is 32.4. The fourth-order valence-corrected chi connectivity index (χ4v) is 7.22. The number of amides is 2. The van der Waals surface area contributed by atoms with E-state index in [0.717, 1.165) is 0 Å². The van der Waals surface area contributed by atoms with Gasteiger partial charge in [0.05, 0.1) is 30.0 Å². The predicted molar refractivity (Wildman–Crippen MR) is 261 cm³/mol. The number of hydrogen-bond donors (Lipinski definition) is 11. The van der Waals surface area contributed by atoms with E-state index in [2.05, 4.69) is 31.9 Å². The van der Waals surface area contributed by atoms with Crippen molar-refractivity contribution in [3.8, 4) is 28.2 Å². The number of aromatic hydroxyl groups is 1. The van der Waals surface area contributed by atoms with E-state index in [9.17, 15) is 54.0 Å². The summed E-state index contributed by atoms with van der Waals surface area (Å²) in [5.41, 5.74) is 0.349. The van der Waals surface area contributed by atoms with Crippen molar-refractivity contribution in [2.45, 2.75) is 89.5 Å². The Kier molecular flexibility index (Phi) is 19.7. The molecule has 2 aliphatic rings. The van der Waals surface area contributed by atoms with E-state index in [1.165, 1.54) is 30.3 Å². The van der Waals surface area contributed by atoms with Crippen LogP contribution in [0.5, 0.6) is 5.75 Å². The number of benzene rings is 3. The maximum Gasteiger partial charge on any atom is 0.336 e. The number of thiocarbonyl (C=S) groups is 2. The minimum Gasteiger partial charge on any atom is -0.508 e. The lowest BCUT2D eigenvalue weighted by molar-refractivity contribution is -0.141. The molecule has 2 aromatic rings. The molecule has 0 aromatic heterocycles. The summed E-state index contributed by atoms with van der Waals surface area (Å²) in [7, 11) is 0. The summed E-state index contributed by atoms with van der Waals surface area (Å²) in [5, 5.41) is 64.6. The maximum atomic E-state index is 12.6. The molecule has 11 N–H and O–H groups in total. The average molecular weight is 997 g/mol. The van der Waals surface area contributed by atoms with E-state index in [4.69, 9.17) is 43.4 Å². The van der Waals surface area contributed by atoms with Crippen LogP contribution in [0.25, 0.3) is 33.4 Å². The van der Waals surface area contributed by atoms with Crippen LogP contribution in [0.1, 0.15) is 76.6 Å². The Balaban J connectivity index is 1.15. The number of carbonyl (C=O) groups excluding carboxylic acids is 2. The van der Waals surface area contributed by atoms with Crippen molar-refractivity contribution in [3.05, 3.63) is 70.4 Å².